The zero-order valence-corrected chi connectivity index (χ0v) is 14.3. The van der Waals surface area contributed by atoms with E-state index < -0.39 is 34.0 Å². The van der Waals surface area contributed by atoms with Crippen LogP contribution in [-0.2, 0) is 21.2 Å². The van der Waals surface area contributed by atoms with Gasteiger partial charge in [-0.1, -0.05) is 17.3 Å². The van der Waals surface area contributed by atoms with Crippen LogP contribution in [0.4, 0.5) is 8.78 Å². The number of carboxylic acid groups (broad SMARTS) is 1. The van der Waals surface area contributed by atoms with Gasteiger partial charge in [0.05, 0.1) is 10.5 Å². The summed E-state index contributed by atoms with van der Waals surface area (Å²) in [6, 6.07) is 8.32. The zero-order valence-electron chi connectivity index (χ0n) is 13.5. The topological polar surface area (TPSA) is 123 Å². The van der Waals surface area contributed by atoms with Crippen LogP contribution in [0.25, 0.3) is 22.4 Å². The van der Waals surface area contributed by atoms with Crippen LogP contribution in [0.1, 0.15) is 5.76 Å². The van der Waals surface area contributed by atoms with E-state index in [2.05, 4.69) is 5.16 Å². The molecule has 0 saturated heterocycles. The lowest BCUT2D eigenvalue weighted by Gasteiger charge is -2.06. The zero-order chi connectivity index (χ0) is 19.8. The van der Waals surface area contributed by atoms with Crippen LogP contribution in [0.5, 0.6) is 0 Å². The number of carbonyl (C=O) groups is 1. The fraction of sp³-hybridized carbons (Fsp3) is 0.0588. The highest BCUT2D eigenvalue weighted by atomic mass is 32.2. The molecule has 0 saturated carbocycles. The smallest absolute Gasteiger partial charge is 0.311 e. The van der Waals surface area contributed by atoms with E-state index in [-0.39, 0.29) is 27.5 Å². The second-order valence-electron chi connectivity index (χ2n) is 5.60. The van der Waals surface area contributed by atoms with Crippen LogP contribution in [0.15, 0.2) is 51.9 Å². The van der Waals surface area contributed by atoms with Gasteiger partial charge in [0.15, 0.2) is 17.4 Å². The van der Waals surface area contributed by atoms with Gasteiger partial charge in [0, 0.05) is 5.56 Å². The minimum Gasteiger partial charge on any atom is -0.481 e. The third-order valence-electron chi connectivity index (χ3n) is 3.74. The first-order valence-electron chi connectivity index (χ1n) is 7.46. The molecule has 0 unspecified atom stereocenters. The second kappa shape index (κ2) is 6.89. The maximum atomic E-state index is 13.6. The number of primary sulfonamides is 1. The molecule has 0 aliphatic carbocycles. The Kier molecular flexibility index (Phi) is 4.77. The molecular formula is C17H12F2N2O5S. The van der Waals surface area contributed by atoms with E-state index in [1.54, 1.807) is 0 Å². The van der Waals surface area contributed by atoms with E-state index in [1.165, 1.54) is 30.3 Å². The Morgan fingerprint density at radius 1 is 1.07 bits per heavy atom. The molecule has 10 heteroatoms. The Morgan fingerprint density at radius 3 is 2.26 bits per heavy atom. The molecule has 27 heavy (non-hydrogen) atoms. The Balaban J connectivity index is 2.18. The first kappa shape index (κ1) is 18.7. The summed E-state index contributed by atoms with van der Waals surface area (Å²) >= 11 is 0. The van der Waals surface area contributed by atoms with Crippen molar-refractivity contribution in [2.24, 2.45) is 5.14 Å². The van der Waals surface area contributed by atoms with E-state index in [0.29, 0.717) is 5.56 Å². The molecule has 3 rings (SSSR count). The number of aliphatic carboxylic acids is 1. The monoisotopic (exact) mass is 394 g/mol. The average Bonchev–Trinajstić information content (AvgIpc) is 2.99. The fourth-order valence-corrected chi connectivity index (χ4v) is 3.05. The van der Waals surface area contributed by atoms with Crippen LogP contribution in [0, 0.1) is 11.6 Å². The van der Waals surface area contributed by atoms with Crippen molar-refractivity contribution in [3.8, 4) is 22.4 Å². The van der Waals surface area contributed by atoms with Gasteiger partial charge in [-0.25, -0.2) is 22.3 Å². The molecule has 0 radical (unpaired) electrons. The molecule has 0 amide bonds. The minimum absolute atomic E-state index is 0.0226. The molecule has 2 aromatic carbocycles. The summed E-state index contributed by atoms with van der Waals surface area (Å²) in [5.41, 5.74) is 0.859. The lowest BCUT2D eigenvalue weighted by atomic mass is 9.98. The quantitative estimate of drug-likeness (QED) is 0.685. The van der Waals surface area contributed by atoms with Crippen LogP contribution in [0.2, 0.25) is 0 Å². The predicted molar refractivity (Wildman–Crippen MR) is 90.0 cm³/mol. The van der Waals surface area contributed by atoms with Gasteiger partial charge in [0.2, 0.25) is 10.0 Å². The van der Waals surface area contributed by atoms with E-state index in [9.17, 15) is 22.0 Å². The Labute approximate surface area is 152 Å². The van der Waals surface area contributed by atoms with Crippen molar-refractivity contribution in [1.82, 2.24) is 5.16 Å². The van der Waals surface area contributed by atoms with Crippen LogP contribution in [0.3, 0.4) is 0 Å². The molecular weight excluding hydrogens is 382 g/mol. The molecule has 1 aromatic heterocycles. The van der Waals surface area contributed by atoms with Gasteiger partial charge in [0.25, 0.3) is 0 Å². The molecule has 0 aliphatic rings. The summed E-state index contributed by atoms with van der Waals surface area (Å²) in [7, 11) is -3.91. The van der Waals surface area contributed by atoms with Crippen molar-refractivity contribution in [3.63, 3.8) is 0 Å². The first-order valence-corrected chi connectivity index (χ1v) is 9.00. The number of nitrogens with two attached hydrogens (primary N) is 1. The molecule has 0 fully saturated rings. The van der Waals surface area contributed by atoms with Gasteiger partial charge < -0.3 is 9.63 Å². The van der Waals surface area contributed by atoms with Gasteiger partial charge in [-0.2, -0.15) is 0 Å². The maximum Gasteiger partial charge on any atom is 0.311 e. The van der Waals surface area contributed by atoms with Gasteiger partial charge in [-0.3, -0.25) is 4.79 Å². The number of halogens is 2. The number of carboxylic acids is 1. The molecule has 1 heterocycles. The highest BCUT2D eigenvalue weighted by molar-refractivity contribution is 7.89. The second-order valence-corrected chi connectivity index (χ2v) is 7.16. The number of hydrogen-bond acceptors (Lipinski definition) is 5. The number of rotatable bonds is 5. The Hall–Kier alpha value is -3.11. The van der Waals surface area contributed by atoms with Crippen LogP contribution in [-0.4, -0.2) is 24.7 Å². The molecule has 0 atom stereocenters. The SMILES string of the molecule is NS(=O)(=O)c1ccc(-c2c(-c3ccc(F)c(F)c3)noc2CC(=O)O)cc1. The van der Waals surface area contributed by atoms with E-state index in [4.69, 9.17) is 14.8 Å². The average molecular weight is 394 g/mol. The Bertz CT molecular complexity index is 1120. The van der Waals surface area contributed by atoms with Crippen LogP contribution >= 0.6 is 0 Å². The van der Waals surface area contributed by atoms with E-state index in [1.807, 2.05) is 0 Å². The largest absolute Gasteiger partial charge is 0.481 e. The number of sulfonamides is 1. The molecule has 0 bridgehead atoms. The van der Waals surface area contributed by atoms with Crippen LogP contribution < -0.4 is 5.14 Å². The minimum atomic E-state index is -3.91. The molecule has 7 nitrogen and oxygen atoms in total. The fourth-order valence-electron chi connectivity index (χ4n) is 2.53. The summed E-state index contributed by atoms with van der Waals surface area (Å²) in [5, 5.41) is 17.9. The van der Waals surface area contributed by atoms with Gasteiger partial charge in [-0.05, 0) is 35.9 Å². The third kappa shape index (κ3) is 3.86. The van der Waals surface area contributed by atoms with Crippen molar-refractivity contribution in [2.75, 3.05) is 0 Å². The number of benzene rings is 2. The maximum absolute atomic E-state index is 13.6. The van der Waals surface area contributed by atoms with Crippen molar-refractivity contribution < 1.29 is 31.6 Å². The lowest BCUT2D eigenvalue weighted by molar-refractivity contribution is -0.136. The highest BCUT2D eigenvalue weighted by Gasteiger charge is 2.22. The molecule has 0 aliphatic heterocycles. The number of aromatic nitrogens is 1. The molecule has 0 spiro atoms. The van der Waals surface area contributed by atoms with Gasteiger partial charge in [0.1, 0.15) is 12.1 Å². The normalized spacial score (nSPS) is 11.5. The first-order chi connectivity index (χ1) is 12.7. The van der Waals surface area contributed by atoms with E-state index >= 15 is 0 Å². The van der Waals surface area contributed by atoms with E-state index in [0.717, 1.165) is 12.1 Å². The number of nitrogens with zero attached hydrogens (tertiary/aromatic N) is 1. The van der Waals surface area contributed by atoms with Gasteiger partial charge >= 0.3 is 5.97 Å². The summed E-state index contributed by atoms with van der Waals surface area (Å²) in [6.45, 7) is 0. The number of hydrogen-bond donors (Lipinski definition) is 2. The van der Waals surface area contributed by atoms with Crippen molar-refractivity contribution in [2.45, 2.75) is 11.3 Å². The molecule has 3 aromatic rings. The predicted octanol–water partition coefficient (Wildman–Crippen LogP) is 2.56. The van der Waals surface area contributed by atoms with Crippen molar-refractivity contribution in [1.29, 1.82) is 0 Å². The summed E-state index contributed by atoms with van der Waals surface area (Å²) < 4.78 is 54.7. The molecule has 3 N–H and O–H groups in total. The Morgan fingerprint density at radius 2 is 1.70 bits per heavy atom. The van der Waals surface area contributed by atoms with Crippen molar-refractivity contribution in [3.05, 3.63) is 59.9 Å². The van der Waals surface area contributed by atoms with Gasteiger partial charge in [-0.15, -0.1) is 0 Å². The van der Waals surface area contributed by atoms with Crippen molar-refractivity contribution >= 4 is 16.0 Å². The lowest BCUT2D eigenvalue weighted by Crippen LogP contribution is -2.11. The highest BCUT2D eigenvalue weighted by Crippen LogP contribution is 2.35. The summed E-state index contributed by atoms with van der Waals surface area (Å²) in [4.78, 5) is 10.9. The summed E-state index contributed by atoms with van der Waals surface area (Å²) in [5.74, 6) is -3.37. The third-order valence-corrected chi connectivity index (χ3v) is 4.67. The standard InChI is InChI=1S/C17H12F2N2O5S/c18-12-6-3-10(7-13(12)19)17-16(14(26-21-17)8-15(22)23)9-1-4-11(5-2-9)27(20,24)25/h1-7H,8H2,(H,22,23)(H2,20,24,25). The molecule has 140 valence electrons. The summed E-state index contributed by atoms with van der Waals surface area (Å²) in [6.07, 6.45) is -0.511.